The summed E-state index contributed by atoms with van der Waals surface area (Å²) in [7, 11) is 0. The Hall–Kier alpha value is -1.93. The number of hydrogen-bond acceptors (Lipinski definition) is 6. The van der Waals surface area contributed by atoms with Gasteiger partial charge in [0.1, 0.15) is 5.76 Å². The lowest BCUT2D eigenvalue weighted by molar-refractivity contribution is -0.134. The van der Waals surface area contributed by atoms with Gasteiger partial charge in [0, 0.05) is 31.6 Å². The monoisotopic (exact) mass is 336 g/mol. The van der Waals surface area contributed by atoms with Crippen molar-refractivity contribution < 1.29 is 18.8 Å². The van der Waals surface area contributed by atoms with E-state index in [2.05, 4.69) is 15.8 Å². The van der Waals surface area contributed by atoms with Crippen LogP contribution in [0.2, 0.25) is 0 Å². The van der Waals surface area contributed by atoms with Crippen molar-refractivity contribution in [2.75, 3.05) is 32.8 Å². The summed E-state index contributed by atoms with van der Waals surface area (Å²) in [5, 5.41) is 10.1. The number of primary amides is 1. The number of ether oxygens (including phenoxy) is 1. The van der Waals surface area contributed by atoms with Crippen LogP contribution in [-0.2, 0) is 20.7 Å². The Bertz CT molecular complexity index is 589. The van der Waals surface area contributed by atoms with Crippen LogP contribution in [-0.4, -0.2) is 49.8 Å². The van der Waals surface area contributed by atoms with E-state index in [-0.39, 0.29) is 18.4 Å². The standard InChI is InChI=1S/C16H24N4O4/c17-14(21)8-19-15(22)16(3-1-4-18-10-16)7-12-6-13(20-24-12)11-2-5-23-9-11/h6,11,18H,1-5,7-10H2,(H2,17,21)(H,19,22). The van der Waals surface area contributed by atoms with Crippen molar-refractivity contribution in [2.45, 2.75) is 31.6 Å². The zero-order valence-electron chi connectivity index (χ0n) is 13.7. The number of aromatic nitrogens is 1. The fourth-order valence-electron chi connectivity index (χ4n) is 3.45. The molecule has 0 radical (unpaired) electrons. The minimum Gasteiger partial charge on any atom is -0.381 e. The van der Waals surface area contributed by atoms with Gasteiger partial charge in [0.15, 0.2) is 0 Å². The van der Waals surface area contributed by atoms with Gasteiger partial charge in [-0.05, 0) is 25.8 Å². The molecule has 132 valence electrons. The van der Waals surface area contributed by atoms with Crippen molar-refractivity contribution in [3.8, 4) is 0 Å². The Morgan fingerprint density at radius 3 is 3.04 bits per heavy atom. The molecule has 3 heterocycles. The molecule has 2 atom stereocenters. The molecule has 8 nitrogen and oxygen atoms in total. The van der Waals surface area contributed by atoms with Crippen molar-refractivity contribution >= 4 is 11.8 Å². The second-order valence-corrected chi connectivity index (χ2v) is 6.67. The zero-order chi connectivity index (χ0) is 17.0. The minimum absolute atomic E-state index is 0.151. The molecule has 0 spiro atoms. The highest BCUT2D eigenvalue weighted by Crippen LogP contribution is 2.33. The summed E-state index contributed by atoms with van der Waals surface area (Å²) in [6.07, 6.45) is 3.01. The van der Waals surface area contributed by atoms with Gasteiger partial charge in [-0.25, -0.2) is 0 Å². The lowest BCUT2D eigenvalue weighted by Crippen LogP contribution is -2.53. The van der Waals surface area contributed by atoms with Gasteiger partial charge < -0.3 is 25.6 Å². The van der Waals surface area contributed by atoms with Crippen molar-refractivity contribution in [1.29, 1.82) is 0 Å². The normalized spacial score (nSPS) is 27.1. The van der Waals surface area contributed by atoms with Crippen LogP contribution in [0.4, 0.5) is 0 Å². The summed E-state index contributed by atoms with van der Waals surface area (Å²) in [4.78, 5) is 23.6. The quantitative estimate of drug-likeness (QED) is 0.656. The van der Waals surface area contributed by atoms with E-state index in [1.54, 1.807) is 0 Å². The Kier molecular flexibility index (Phi) is 5.15. The zero-order valence-corrected chi connectivity index (χ0v) is 13.7. The number of hydrogen-bond donors (Lipinski definition) is 3. The maximum atomic E-state index is 12.7. The summed E-state index contributed by atoms with van der Waals surface area (Å²) in [5.41, 5.74) is 5.38. The predicted octanol–water partition coefficient (Wildman–Crippen LogP) is -0.308. The average molecular weight is 336 g/mol. The van der Waals surface area contributed by atoms with Gasteiger partial charge in [-0.1, -0.05) is 5.16 Å². The van der Waals surface area contributed by atoms with Crippen LogP contribution >= 0.6 is 0 Å². The fourth-order valence-corrected chi connectivity index (χ4v) is 3.45. The van der Waals surface area contributed by atoms with Gasteiger partial charge >= 0.3 is 0 Å². The van der Waals surface area contributed by atoms with E-state index in [4.69, 9.17) is 15.0 Å². The third-order valence-corrected chi connectivity index (χ3v) is 4.81. The molecule has 4 N–H and O–H groups in total. The summed E-state index contributed by atoms with van der Waals surface area (Å²) >= 11 is 0. The average Bonchev–Trinajstić information content (AvgIpc) is 3.24. The van der Waals surface area contributed by atoms with Crippen molar-refractivity contribution in [1.82, 2.24) is 15.8 Å². The molecule has 24 heavy (non-hydrogen) atoms. The van der Waals surface area contributed by atoms with Crippen molar-refractivity contribution in [3.05, 3.63) is 17.5 Å². The number of amides is 2. The summed E-state index contributed by atoms with van der Waals surface area (Å²) in [5.74, 6) is 0.238. The number of nitrogens with zero attached hydrogens (tertiary/aromatic N) is 1. The lowest BCUT2D eigenvalue weighted by Gasteiger charge is -2.35. The van der Waals surface area contributed by atoms with Crippen LogP contribution in [0.15, 0.2) is 10.6 Å². The molecule has 0 saturated carbocycles. The second kappa shape index (κ2) is 7.31. The third kappa shape index (κ3) is 3.76. The summed E-state index contributed by atoms with van der Waals surface area (Å²) in [6.45, 7) is 2.68. The SMILES string of the molecule is NC(=O)CNC(=O)C1(Cc2cc(C3CCOC3)no2)CCCNC1. The molecule has 2 unspecified atom stereocenters. The molecule has 8 heteroatoms. The molecule has 2 aliphatic rings. The highest BCUT2D eigenvalue weighted by Gasteiger charge is 2.41. The maximum absolute atomic E-state index is 12.7. The Morgan fingerprint density at radius 1 is 1.50 bits per heavy atom. The number of carbonyl (C=O) groups excluding carboxylic acids is 2. The topological polar surface area (TPSA) is 119 Å². The Morgan fingerprint density at radius 2 is 2.38 bits per heavy atom. The predicted molar refractivity (Wildman–Crippen MR) is 85.1 cm³/mol. The first-order valence-corrected chi connectivity index (χ1v) is 8.40. The van der Waals surface area contributed by atoms with E-state index in [0.29, 0.717) is 25.3 Å². The van der Waals surface area contributed by atoms with Gasteiger partial charge in [-0.15, -0.1) is 0 Å². The van der Waals surface area contributed by atoms with E-state index in [1.807, 2.05) is 6.07 Å². The molecular weight excluding hydrogens is 312 g/mol. The summed E-state index contributed by atoms with van der Waals surface area (Å²) in [6, 6.07) is 1.93. The first kappa shape index (κ1) is 16.9. The third-order valence-electron chi connectivity index (χ3n) is 4.81. The van der Waals surface area contributed by atoms with Crippen LogP contribution in [0.5, 0.6) is 0 Å². The Labute approximate surface area is 140 Å². The van der Waals surface area contributed by atoms with Gasteiger partial charge in [0.05, 0.1) is 24.3 Å². The molecular formula is C16H24N4O4. The van der Waals surface area contributed by atoms with E-state index < -0.39 is 11.3 Å². The smallest absolute Gasteiger partial charge is 0.236 e. The molecule has 2 amide bonds. The minimum atomic E-state index is -0.642. The van der Waals surface area contributed by atoms with Gasteiger partial charge in [-0.2, -0.15) is 0 Å². The van der Waals surface area contributed by atoms with Crippen molar-refractivity contribution in [2.24, 2.45) is 11.1 Å². The van der Waals surface area contributed by atoms with Crippen LogP contribution in [0.1, 0.15) is 36.6 Å². The van der Waals surface area contributed by atoms with Gasteiger partial charge in [0.25, 0.3) is 0 Å². The number of carbonyl (C=O) groups is 2. The molecule has 2 fully saturated rings. The molecule has 0 aliphatic carbocycles. The molecule has 2 saturated heterocycles. The fraction of sp³-hybridized carbons (Fsp3) is 0.688. The number of nitrogens with one attached hydrogen (secondary N) is 2. The number of rotatable bonds is 6. The highest BCUT2D eigenvalue weighted by atomic mass is 16.5. The van der Waals surface area contributed by atoms with E-state index in [1.165, 1.54) is 0 Å². The summed E-state index contributed by atoms with van der Waals surface area (Å²) < 4.78 is 10.9. The van der Waals surface area contributed by atoms with Crippen molar-refractivity contribution in [3.63, 3.8) is 0 Å². The van der Waals surface area contributed by atoms with Crippen LogP contribution in [0.25, 0.3) is 0 Å². The van der Waals surface area contributed by atoms with Crippen LogP contribution in [0.3, 0.4) is 0 Å². The molecule has 3 rings (SSSR count). The van der Waals surface area contributed by atoms with Crippen LogP contribution < -0.4 is 16.4 Å². The maximum Gasteiger partial charge on any atom is 0.236 e. The lowest BCUT2D eigenvalue weighted by atomic mass is 9.76. The molecule has 1 aromatic heterocycles. The van der Waals surface area contributed by atoms with Crippen LogP contribution in [0, 0.1) is 5.41 Å². The first-order valence-electron chi connectivity index (χ1n) is 8.40. The van der Waals surface area contributed by atoms with E-state index >= 15 is 0 Å². The van der Waals surface area contributed by atoms with E-state index in [9.17, 15) is 9.59 Å². The highest BCUT2D eigenvalue weighted by molar-refractivity contribution is 5.87. The largest absolute Gasteiger partial charge is 0.381 e. The number of nitrogens with two attached hydrogens (primary N) is 1. The van der Waals surface area contributed by atoms with Gasteiger partial charge in [0.2, 0.25) is 11.8 Å². The van der Waals surface area contributed by atoms with E-state index in [0.717, 1.165) is 38.1 Å². The molecule has 0 aromatic carbocycles. The number of piperidine rings is 1. The van der Waals surface area contributed by atoms with Gasteiger partial charge in [-0.3, -0.25) is 9.59 Å². The first-order chi connectivity index (χ1) is 11.6. The second-order valence-electron chi connectivity index (χ2n) is 6.67. The Balaban J connectivity index is 1.71. The molecule has 1 aromatic rings. The molecule has 2 aliphatic heterocycles. The molecule has 0 bridgehead atoms.